The van der Waals surface area contributed by atoms with E-state index in [0.29, 0.717) is 5.92 Å². The maximum atomic E-state index is 6.99. The van der Waals surface area contributed by atoms with Crippen LogP contribution in [0.3, 0.4) is 0 Å². The lowest BCUT2D eigenvalue weighted by Gasteiger charge is -2.52. The molecule has 0 radical (unpaired) electrons. The summed E-state index contributed by atoms with van der Waals surface area (Å²) in [5.74, 6) is 1.25. The molecule has 29 heavy (non-hydrogen) atoms. The summed E-state index contributed by atoms with van der Waals surface area (Å²) in [6.07, 6.45) is 8.16. The van der Waals surface area contributed by atoms with E-state index in [4.69, 9.17) is 14.5 Å². The fourth-order valence-corrected chi connectivity index (χ4v) is 5.42. The van der Waals surface area contributed by atoms with Crippen LogP contribution in [0.25, 0.3) is 6.08 Å². The molecular weight excluding hydrogens is 360 g/mol. The Morgan fingerprint density at radius 2 is 1.79 bits per heavy atom. The van der Waals surface area contributed by atoms with E-state index in [1.165, 1.54) is 30.0 Å². The minimum Gasteiger partial charge on any atom is -0.497 e. The highest BCUT2D eigenvalue weighted by atomic mass is 16.5. The second-order valence-corrected chi connectivity index (χ2v) is 8.90. The van der Waals surface area contributed by atoms with E-state index < -0.39 is 0 Å². The van der Waals surface area contributed by atoms with Crippen molar-refractivity contribution in [1.29, 1.82) is 0 Å². The van der Waals surface area contributed by atoms with E-state index in [0.717, 1.165) is 30.5 Å². The van der Waals surface area contributed by atoms with E-state index in [1.807, 2.05) is 0 Å². The van der Waals surface area contributed by atoms with Crippen LogP contribution in [-0.4, -0.2) is 31.0 Å². The highest BCUT2D eigenvalue weighted by molar-refractivity contribution is 5.43. The number of fused-ring (bicyclic) bond motifs is 1. The van der Waals surface area contributed by atoms with Crippen LogP contribution < -0.4 is 20.6 Å². The van der Waals surface area contributed by atoms with Gasteiger partial charge in [-0.05, 0) is 54.8 Å². The summed E-state index contributed by atoms with van der Waals surface area (Å²) in [6.45, 7) is 3.10. The van der Waals surface area contributed by atoms with Crippen molar-refractivity contribution >= 4 is 6.08 Å². The molecule has 1 N–H and O–H groups in total. The lowest BCUT2D eigenvalue weighted by Crippen LogP contribution is -2.62. The Hall–Kier alpha value is -2.17. The standard InChI is InChI=1S/C25H30N2O2/c1-24(16-19-8-4-5-9-22(19)27-24)23-26-17-21(18-10-12-20(28-2)13-11-18)25(29-23)14-6-3-7-15-25/h4-5,8-13,16,21,23,26H,3,6-7,14-15,17H2,1-2H3. The molecule has 1 spiro atoms. The minimum atomic E-state index is -0.376. The average molecular weight is 391 g/mol. The van der Waals surface area contributed by atoms with Crippen LogP contribution >= 0.6 is 0 Å². The van der Waals surface area contributed by atoms with Crippen molar-refractivity contribution in [2.24, 2.45) is 4.99 Å². The van der Waals surface area contributed by atoms with Gasteiger partial charge < -0.3 is 9.47 Å². The van der Waals surface area contributed by atoms with Crippen molar-refractivity contribution in [2.75, 3.05) is 13.7 Å². The Morgan fingerprint density at radius 3 is 2.52 bits per heavy atom. The third-order valence-corrected chi connectivity index (χ3v) is 6.99. The predicted molar refractivity (Wildman–Crippen MR) is 115 cm³/mol. The van der Waals surface area contributed by atoms with Gasteiger partial charge in [0.1, 0.15) is 17.5 Å². The van der Waals surface area contributed by atoms with Crippen molar-refractivity contribution in [2.45, 2.75) is 62.3 Å². The summed E-state index contributed by atoms with van der Waals surface area (Å²) < 4.78 is 12.3. The van der Waals surface area contributed by atoms with Gasteiger partial charge in [-0.25, -0.2) is 0 Å². The van der Waals surface area contributed by atoms with Gasteiger partial charge >= 0.3 is 0 Å². The first-order valence-electron chi connectivity index (χ1n) is 10.8. The third-order valence-electron chi connectivity index (χ3n) is 6.99. The van der Waals surface area contributed by atoms with Crippen LogP contribution in [0.2, 0.25) is 0 Å². The summed E-state index contributed by atoms with van der Waals surface area (Å²) in [5, 5.41) is 5.98. The van der Waals surface area contributed by atoms with E-state index in [2.05, 4.69) is 66.8 Å². The maximum absolute atomic E-state index is 6.99. The SMILES string of the molecule is COc1ccc(C2CNC(C3(C)C=c4ccccc4=N3)OC23CCCCC3)cc1. The van der Waals surface area contributed by atoms with Crippen LogP contribution in [0.4, 0.5) is 0 Å². The number of benzene rings is 2. The first kappa shape index (κ1) is 18.8. The molecule has 3 aliphatic rings. The second-order valence-electron chi connectivity index (χ2n) is 8.90. The van der Waals surface area contributed by atoms with E-state index in [-0.39, 0.29) is 17.4 Å². The zero-order valence-corrected chi connectivity index (χ0v) is 17.4. The molecule has 3 atom stereocenters. The van der Waals surface area contributed by atoms with E-state index >= 15 is 0 Å². The molecule has 4 nitrogen and oxygen atoms in total. The molecule has 3 unspecified atom stereocenters. The van der Waals surface area contributed by atoms with Crippen molar-refractivity contribution < 1.29 is 9.47 Å². The molecule has 152 valence electrons. The van der Waals surface area contributed by atoms with Crippen molar-refractivity contribution in [3.8, 4) is 5.75 Å². The first-order chi connectivity index (χ1) is 14.1. The Balaban J connectivity index is 1.47. The molecule has 2 aromatic rings. The van der Waals surface area contributed by atoms with Crippen molar-refractivity contribution in [1.82, 2.24) is 5.32 Å². The highest BCUT2D eigenvalue weighted by Crippen LogP contribution is 2.47. The number of hydrogen-bond acceptors (Lipinski definition) is 4. The molecule has 2 heterocycles. The third kappa shape index (κ3) is 3.28. The minimum absolute atomic E-state index is 0.109. The fraction of sp³-hybridized carbons (Fsp3) is 0.480. The normalized spacial score (nSPS) is 30.3. The number of hydrogen-bond donors (Lipinski definition) is 1. The fourth-order valence-electron chi connectivity index (χ4n) is 5.42. The molecule has 1 saturated heterocycles. The molecule has 0 amide bonds. The number of ether oxygens (including phenoxy) is 2. The Morgan fingerprint density at radius 1 is 1.03 bits per heavy atom. The quantitative estimate of drug-likeness (QED) is 0.875. The lowest BCUT2D eigenvalue weighted by molar-refractivity contribution is -0.177. The topological polar surface area (TPSA) is 42.8 Å². The molecule has 1 aliphatic carbocycles. The molecular formula is C25H30N2O2. The van der Waals surface area contributed by atoms with E-state index in [1.54, 1.807) is 7.11 Å². The summed E-state index contributed by atoms with van der Waals surface area (Å²) in [4.78, 5) is 5.05. The lowest BCUT2D eigenvalue weighted by atomic mass is 9.71. The van der Waals surface area contributed by atoms with Crippen LogP contribution in [0.5, 0.6) is 5.75 Å². The van der Waals surface area contributed by atoms with Gasteiger partial charge in [-0.1, -0.05) is 49.6 Å². The molecule has 0 aromatic heterocycles. The number of para-hydroxylation sites is 1. The van der Waals surface area contributed by atoms with Crippen molar-refractivity contribution in [3.05, 3.63) is 64.7 Å². The zero-order chi connectivity index (χ0) is 19.9. The van der Waals surface area contributed by atoms with Gasteiger partial charge in [-0.2, -0.15) is 0 Å². The zero-order valence-electron chi connectivity index (χ0n) is 17.4. The molecule has 2 aromatic carbocycles. The van der Waals surface area contributed by atoms with Crippen LogP contribution in [0.15, 0.2) is 53.5 Å². The monoisotopic (exact) mass is 390 g/mol. The number of rotatable bonds is 3. The second kappa shape index (κ2) is 7.26. The largest absolute Gasteiger partial charge is 0.497 e. The first-order valence-corrected chi connectivity index (χ1v) is 10.8. The van der Waals surface area contributed by atoms with E-state index in [9.17, 15) is 0 Å². The Labute approximate surface area is 172 Å². The molecule has 4 heteroatoms. The van der Waals surface area contributed by atoms with Crippen molar-refractivity contribution in [3.63, 3.8) is 0 Å². The summed E-state index contributed by atoms with van der Waals surface area (Å²) in [5.41, 5.74) is 0.836. The van der Waals surface area contributed by atoms with Crippen LogP contribution in [-0.2, 0) is 4.74 Å². The van der Waals surface area contributed by atoms with Gasteiger partial charge in [0.25, 0.3) is 0 Å². The Bertz CT molecular complexity index is 957. The molecule has 5 rings (SSSR count). The van der Waals surface area contributed by atoms with Gasteiger partial charge in [-0.15, -0.1) is 0 Å². The number of nitrogens with one attached hydrogen (secondary N) is 1. The molecule has 0 bridgehead atoms. The van der Waals surface area contributed by atoms with Gasteiger partial charge in [0, 0.05) is 12.5 Å². The molecule has 1 saturated carbocycles. The van der Waals surface area contributed by atoms with Gasteiger partial charge in [0.05, 0.1) is 18.1 Å². The number of methoxy groups -OCH3 is 1. The highest BCUT2D eigenvalue weighted by Gasteiger charge is 2.50. The Kier molecular flexibility index (Phi) is 4.72. The smallest absolute Gasteiger partial charge is 0.137 e. The summed E-state index contributed by atoms with van der Waals surface area (Å²) in [7, 11) is 1.72. The van der Waals surface area contributed by atoms with Gasteiger partial charge in [-0.3, -0.25) is 10.3 Å². The van der Waals surface area contributed by atoms with Crippen LogP contribution in [0, 0.1) is 0 Å². The van der Waals surface area contributed by atoms with Gasteiger partial charge in [0.2, 0.25) is 0 Å². The maximum Gasteiger partial charge on any atom is 0.137 e. The molecule has 2 fully saturated rings. The van der Waals surface area contributed by atoms with Gasteiger partial charge in [0.15, 0.2) is 0 Å². The molecule has 2 aliphatic heterocycles. The average Bonchev–Trinajstić information content (AvgIpc) is 3.12. The van der Waals surface area contributed by atoms with Crippen LogP contribution in [0.1, 0.15) is 50.5 Å². The predicted octanol–water partition coefficient (Wildman–Crippen LogP) is 3.30. The summed E-state index contributed by atoms with van der Waals surface area (Å²) in [6, 6.07) is 16.9. The summed E-state index contributed by atoms with van der Waals surface area (Å²) >= 11 is 0. The number of nitrogens with zero attached hydrogens (tertiary/aromatic N) is 1.